The molecular formula is C27H39N3O6S. The number of nitrogens with one attached hydrogen (secondary N) is 1. The van der Waals surface area contributed by atoms with E-state index in [1.165, 1.54) is 25.2 Å². The lowest BCUT2D eigenvalue weighted by molar-refractivity contribution is -0.140. The molecule has 10 heteroatoms. The molecule has 204 valence electrons. The maximum absolute atomic E-state index is 13.7. The van der Waals surface area contributed by atoms with Crippen molar-refractivity contribution in [3.63, 3.8) is 0 Å². The second-order valence-electron chi connectivity index (χ2n) is 9.38. The predicted octanol–water partition coefficient (Wildman–Crippen LogP) is 3.36. The lowest BCUT2D eigenvalue weighted by atomic mass is 10.1. The first-order chi connectivity index (χ1) is 17.4. The zero-order chi connectivity index (χ0) is 27.8. The molecule has 2 aromatic carbocycles. The molecule has 37 heavy (non-hydrogen) atoms. The van der Waals surface area contributed by atoms with Crippen molar-refractivity contribution in [2.24, 2.45) is 5.92 Å². The van der Waals surface area contributed by atoms with Crippen molar-refractivity contribution in [2.45, 2.75) is 46.7 Å². The molecule has 0 radical (unpaired) electrons. The highest BCUT2D eigenvalue weighted by Crippen LogP contribution is 2.32. The number of rotatable bonds is 13. The summed E-state index contributed by atoms with van der Waals surface area (Å²) in [5, 5.41) is 2.91. The molecule has 1 N–H and O–H groups in total. The molecule has 0 bridgehead atoms. The van der Waals surface area contributed by atoms with Crippen molar-refractivity contribution in [3.8, 4) is 11.5 Å². The van der Waals surface area contributed by atoms with Crippen molar-refractivity contribution in [2.75, 3.05) is 37.9 Å². The van der Waals surface area contributed by atoms with Crippen LogP contribution in [-0.2, 0) is 26.2 Å². The summed E-state index contributed by atoms with van der Waals surface area (Å²) in [7, 11) is -0.928. The fourth-order valence-electron chi connectivity index (χ4n) is 3.83. The predicted molar refractivity (Wildman–Crippen MR) is 145 cm³/mol. The first kappa shape index (κ1) is 30.0. The zero-order valence-corrected chi connectivity index (χ0v) is 23.6. The first-order valence-electron chi connectivity index (χ1n) is 12.2. The topological polar surface area (TPSA) is 105 Å². The van der Waals surface area contributed by atoms with Crippen LogP contribution in [-0.4, -0.2) is 64.7 Å². The number of carbonyl (C=O) groups is 2. The zero-order valence-electron chi connectivity index (χ0n) is 22.8. The van der Waals surface area contributed by atoms with E-state index >= 15 is 0 Å². The number of methoxy groups -OCH3 is 2. The molecular weight excluding hydrogens is 494 g/mol. The quantitative estimate of drug-likeness (QED) is 0.423. The fraction of sp³-hybridized carbons (Fsp3) is 0.481. The van der Waals surface area contributed by atoms with Gasteiger partial charge in [-0.05, 0) is 37.0 Å². The smallest absolute Gasteiger partial charge is 0.244 e. The minimum Gasteiger partial charge on any atom is -0.493 e. The summed E-state index contributed by atoms with van der Waals surface area (Å²) in [6.07, 6.45) is 1.41. The average Bonchev–Trinajstić information content (AvgIpc) is 2.85. The minimum absolute atomic E-state index is 0.163. The van der Waals surface area contributed by atoms with Crippen LogP contribution in [0.3, 0.4) is 0 Å². The van der Waals surface area contributed by atoms with E-state index < -0.39 is 28.5 Å². The Morgan fingerprint density at radius 2 is 1.62 bits per heavy atom. The largest absolute Gasteiger partial charge is 0.493 e. The number of aryl methyl sites for hydroxylation is 1. The van der Waals surface area contributed by atoms with Crippen LogP contribution in [0.2, 0.25) is 0 Å². The number of sulfonamides is 1. The van der Waals surface area contributed by atoms with Crippen LogP contribution in [0.15, 0.2) is 42.5 Å². The second kappa shape index (κ2) is 13.3. The van der Waals surface area contributed by atoms with E-state index in [0.717, 1.165) is 21.7 Å². The van der Waals surface area contributed by atoms with E-state index in [9.17, 15) is 18.0 Å². The van der Waals surface area contributed by atoms with Crippen LogP contribution >= 0.6 is 0 Å². The summed E-state index contributed by atoms with van der Waals surface area (Å²) in [5.41, 5.74) is 2.16. The number of carbonyl (C=O) groups excluding carboxylic acids is 2. The standard InChI is InChI=1S/C27H39N3O6S/c1-8-23(27(32)28-16-19(2)3)29(17-21-11-9-20(4)10-12-21)26(31)18-30(37(7,33)34)22-13-14-24(35-5)25(15-22)36-6/h9-15,19,23H,8,16-18H2,1-7H3,(H,28,32)/t23-/m0/s1. The van der Waals surface area contributed by atoms with Gasteiger partial charge in [0, 0.05) is 19.2 Å². The average molecular weight is 534 g/mol. The Labute approximate surface area is 220 Å². The van der Waals surface area contributed by atoms with Gasteiger partial charge >= 0.3 is 0 Å². The number of nitrogens with zero attached hydrogens (tertiary/aromatic N) is 2. The van der Waals surface area contributed by atoms with Gasteiger partial charge < -0.3 is 19.7 Å². The molecule has 0 spiro atoms. The van der Waals surface area contributed by atoms with Crippen LogP contribution in [0.1, 0.15) is 38.3 Å². The summed E-state index contributed by atoms with van der Waals surface area (Å²) in [5.74, 6) is 0.242. The van der Waals surface area contributed by atoms with Gasteiger partial charge in [-0.1, -0.05) is 50.6 Å². The van der Waals surface area contributed by atoms with Crippen molar-refractivity contribution in [1.82, 2.24) is 10.2 Å². The lowest BCUT2D eigenvalue weighted by Gasteiger charge is -2.33. The van der Waals surface area contributed by atoms with E-state index in [0.29, 0.717) is 24.5 Å². The van der Waals surface area contributed by atoms with Crippen LogP contribution in [0.4, 0.5) is 5.69 Å². The number of anilines is 1. The molecule has 0 aliphatic carbocycles. The van der Waals surface area contributed by atoms with Gasteiger partial charge in [-0.2, -0.15) is 0 Å². The highest BCUT2D eigenvalue weighted by atomic mass is 32.2. The third-order valence-electron chi connectivity index (χ3n) is 5.88. The second-order valence-corrected chi connectivity index (χ2v) is 11.3. The normalized spacial score (nSPS) is 12.1. The molecule has 9 nitrogen and oxygen atoms in total. The molecule has 0 aliphatic rings. The highest BCUT2D eigenvalue weighted by Gasteiger charge is 2.32. The maximum Gasteiger partial charge on any atom is 0.244 e. The van der Waals surface area contributed by atoms with Gasteiger partial charge in [-0.25, -0.2) is 8.42 Å². The Hall–Kier alpha value is -3.27. The Bertz CT molecular complexity index is 1170. The van der Waals surface area contributed by atoms with Crippen LogP contribution in [0.5, 0.6) is 11.5 Å². The minimum atomic E-state index is -3.85. The maximum atomic E-state index is 13.7. The van der Waals surface area contributed by atoms with Crippen molar-refractivity contribution >= 4 is 27.5 Å². The Morgan fingerprint density at radius 3 is 2.14 bits per heavy atom. The van der Waals surface area contributed by atoms with E-state index in [-0.39, 0.29) is 24.1 Å². The van der Waals surface area contributed by atoms with Crippen molar-refractivity contribution < 1.29 is 27.5 Å². The molecule has 0 fully saturated rings. The molecule has 2 rings (SSSR count). The Kier molecular flexibility index (Phi) is 10.8. The molecule has 0 saturated heterocycles. The van der Waals surface area contributed by atoms with Crippen molar-refractivity contribution in [3.05, 3.63) is 53.6 Å². The SMILES string of the molecule is CC[C@@H](C(=O)NCC(C)C)N(Cc1ccc(C)cc1)C(=O)CN(c1ccc(OC)c(OC)c1)S(C)(=O)=O. The van der Waals surface area contributed by atoms with Crippen molar-refractivity contribution in [1.29, 1.82) is 0 Å². The highest BCUT2D eigenvalue weighted by molar-refractivity contribution is 7.92. The van der Waals surface area contributed by atoms with E-state index in [4.69, 9.17) is 9.47 Å². The molecule has 0 saturated carbocycles. The first-order valence-corrected chi connectivity index (χ1v) is 14.1. The summed E-state index contributed by atoms with van der Waals surface area (Å²) in [6.45, 7) is 7.94. The molecule has 1 atom stereocenters. The molecule has 0 heterocycles. The number of hydrogen-bond donors (Lipinski definition) is 1. The fourth-order valence-corrected chi connectivity index (χ4v) is 4.67. The van der Waals surface area contributed by atoms with Gasteiger partial charge in [-0.15, -0.1) is 0 Å². The van der Waals surface area contributed by atoms with Gasteiger partial charge in [0.2, 0.25) is 21.8 Å². The van der Waals surface area contributed by atoms with Gasteiger partial charge in [0.05, 0.1) is 26.2 Å². The molecule has 2 amide bonds. The monoisotopic (exact) mass is 533 g/mol. The molecule has 0 unspecified atom stereocenters. The number of ether oxygens (including phenoxy) is 2. The van der Waals surface area contributed by atoms with E-state index in [2.05, 4.69) is 5.32 Å². The third-order valence-corrected chi connectivity index (χ3v) is 7.02. The number of benzene rings is 2. The van der Waals surface area contributed by atoms with Gasteiger partial charge in [0.1, 0.15) is 12.6 Å². The molecule has 2 aromatic rings. The Morgan fingerprint density at radius 1 is 1.00 bits per heavy atom. The third kappa shape index (κ3) is 8.38. The van der Waals surface area contributed by atoms with Gasteiger partial charge in [0.25, 0.3) is 0 Å². The van der Waals surface area contributed by atoms with Crippen LogP contribution < -0.4 is 19.1 Å². The summed E-state index contributed by atoms with van der Waals surface area (Å²) in [6, 6.07) is 11.5. The van der Waals surface area contributed by atoms with E-state index in [1.807, 2.05) is 52.0 Å². The molecule has 0 aliphatic heterocycles. The van der Waals surface area contributed by atoms with Crippen LogP contribution in [0, 0.1) is 12.8 Å². The van der Waals surface area contributed by atoms with Gasteiger partial charge in [0.15, 0.2) is 11.5 Å². The van der Waals surface area contributed by atoms with E-state index in [1.54, 1.807) is 12.1 Å². The van der Waals surface area contributed by atoms with Crippen LogP contribution in [0.25, 0.3) is 0 Å². The Balaban J connectivity index is 2.46. The summed E-state index contributed by atoms with van der Waals surface area (Å²) >= 11 is 0. The summed E-state index contributed by atoms with van der Waals surface area (Å²) in [4.78, 5) is 28.3. The summed E-state index contributed by atoms with van der Waals surface area (Å²) < 4.78 is 37.2. The number of amides is 2. The molecule has 0 aromatic heterocycles. The van der Waals surface area contributed by atoms with Gasteiger partial charge in [-0.3, -0.25) is 13.9 Å². The number of hydrogen-bond acceptors (Lipinski definition) is 6. The lowest BCUT2D eigenvalue weighted by Crippen LogP contribution is -2.52.